The lowest BCUT2D eigenvalue weighted by molar-refractivity contribution is 0.101. The summed E-state index contributed by atoms with van der Waals surface area (Å²) in [7, 11) is 0. The van der Waals surface area contributed by atoms with Crippen molar-refractivity contribution in [3.63, 3.8) is 0 Å². The molecule has 1 aliphatic rings. The van der Waals surface area contributed by atoms with Gasteiger partial charge in [0.15, 0.2) is 6.10 Å². The smallest absolute Gasteiger partial charge is 0.426 e. The Morgan fingerprint density at radius 1 is 1.80 bits per heavy atom. The molecule has 0 aromatic rings. The highest BCUT2D eigenvalue weighted by atomic mass is 16.8. The molecule has 1 aliphatic heterocycles. The van der Waals surface area contributed by atoms with Gasteiger partial charge >= 0.3 is 6.16 Å². The van der Waals surface area contributed by atoms with Crippen molar-refractivity contribution in [1.29, 1.82) is 0 Å². The van der Waals surface area contributed by atoms with E-state index in [1.807, 2.05) is 0 Å². The number of ether oxygens (including phenoxy) is 2. The van der Waals surface area contributed by atoms with Gasteiger partial charge in [0.25, 0.3) is 0 Å². The molecule has 3 heteroatoms. The summed E-state index contributed by atoms with van der Waals surface area (Å²) < 4.78 is 9.38. The van der Waals surface area contributed by atoms with Gasteiger partial charge in [-0.25, -0.2) is 4.79 Å². The van der Waals surface area contributed by atoms with Crippen LogP contribution in [0.2, 0.25) is 0 Å². The van der Waals surface area contributed by atoms with E-state index in [4.69, 9.17) is 11.2 Å². The number of carbonyl (C=O) groups is 1. The molecule has 2 unspecified atom stereocenters. The summed E-state index contributed by atoms with van der Waals surface area (Å²) in [6.45, 7) is 3.34. The van der Waals surface area contributed by atoms with E-state index in [0.717, 1.165) is 0 Å². The van der Waals surface area contributed by atoms with Crippen molar-refractivity contribution >= 4 is 6.16 Å². The predicted molar refractivity (Wildman–Crippen MR) is 34.3 cm³/mol. The molecule has 0 radical (unpaired) electrons. The van der Waals surface area contributed by atoms with Crippen molar-refractivity contribution in [3.05, 3.63) is 0 Å². The van der Waals surface area contributed by atoms with Crippen LogP contribution in [0.3, 0.4) is 0 Å². The Bertz CT molecular complexity index is 203. The number of hydrogen-bond donors (Lipinski definition) is 0. The fourth-order valence-corrected chi connectivity index (χ4v) is 0.684. The average molecular weight is 140 g/mol. The highest BCUT2D eigenvalue weighted by Crippen LogP contribution is 2.25. The first-order valence-electron chi connectivity index (χ1n) is 2.96. The molecule has 0 saturated carbocycles. The minimum absolute atomic E-state index is 0.356. The first-order valence-corrected chi connectivity index (χ1v) is 2.96. The highest BCUT2D eigenvalue weighted by Gasteiger charge is 2.43. The van der Waals surface area contributed by atoms with Gasteiger partial charge in [0.1, 0.15) is 0 Å². The zero-order valence-electron chi connectivity index (χ0n) is 5.88. The summed E-state index contributed by atoms with van der Waals surface area (Å²) in [5.74, 6) is 2.35. The number of rotatable bonds is 0. The zero-order valence-corrected chi connectivity index (χ0v) is 5.88. The summed E-state index contributed by atoms with van der Waals surface area (Å²) in [4.78, 5) is 10.5. The molecular formula is C7H8O3. The Hall–Kier alpha value is -1.17. The molecule has 0 aliphatic carbocycles. The number of cyclic esters (lactones) is 2. The largest absolute Gasteiger partial charge is 0.510 e. The molecule has 0 aromatic heterocycles. The second kappa shape index (κ2) is 1.91. The van der Waals surface area contributed by atoms with Crippen LogP contribution in [0, 0.1) is 12.3 Å². The first kappa shape index (κ1) is 6.94. The maximum atomic E-state index is 10.5. The van der Waals surface area contributed by atoms with Crippen molar-refractivity contribution in [1.82, 2.24) is 0 Å². The van der Waals surface area contributed by atoms with Crippen LogP contribution in [-0.2, 0) is 9.47 Å². The van der Waals surface area contributed by atoms with Crippen LogP contribution in [0.1, 0.15) is 13.8 Å². The van der Waals surface area contributed by atoms with Crippen LogP contribution in [-0.4, -0.2) is 17.9 Å². The van der Waals surface area contributed by atoms with Crippen molar-refractivity contribution in [3.8, 4) is 12.3 Å². The topological polar surface area (TPSA) is 35.5 Å². The second-order valence-electron chi connectivity index (χ2n) is 2.36. The third-order valence-electron chi connectivity index (χ3n) is 1.63. The normalized spacial score (nSPS) is 38.1. The summed E-state index contributed by atoms with van der Waals surface area (Å²) in [6.07, 6.45) is 4.07. The van der Waals surface area contributed by atoms with Gasteiger partial charge in [-0.2, -0.15) is 0 Å². The van der Waals surface area contributed by atoms with Crippen LogP contribution >= 0.6 is 0 Å². The first-order chi connectivity index (χ1) is 4.58. The van der Waals surface area contributed by atoms with Crippen molar-refractivity contribution in [2.24, 2.45) is 0 Å². The lowest BCUT2D eigenvalue weighted by Crippen LogP contribution is -2.32. The Balaban J connectivity index is 2.83. The summed E-state index contributed by atoms with van der Waals surface area (Å²) in [6, 6.07) is 0. The lowest BCUT2D eigenvalue weighted by atomic mass is 10.0. The van der Waals surface area contributed by atoms with E-state index in [1.54, 1.807) is 13.8 Å². The van der Waals surface area contributed by atoms with E-state index in [9.17, 15) is 4.79 Å². The van der Waals surface area contributed by atoms with Gasteiger partial charge in [-0.3, -0.25) is 0 Å². The molecule has 1 rings (SSSR count). The van der Waals surface area contributed by atoms with Gasteiger partial charge in [-0.15, -0.1) is 6.42 Å². The van der Waals surface area contributed by atoms with Gasteiger partial charge in [0, 0.05) is 0 Å². The maximum Gasteiger partial charge on any atom is 0.510 e. The van der Waals surface area contributed by atoms with Gasteiger partial charge < -0.3 is 9.47 Å². The lowest BCUT2D eigenvalue weighted by Gasteiger charge is -2.15. The Kier molecular flexibility index (Phi) is 1.33. The van der Waals surface area contributed by atoms with Crippen LogP contribution < -0.4 is 0 Å². The summed E-state index contributed by atoms with van der Waals surface area (Å²) in [5.41, 5.74) is -0.878. The molecule has 0 N–H and O–H groups in total. The molecule has 3 nitrogen and oxygen atoms in total. The molecule has 0 aromatic carbocycles. The molecule has 54 valence electrons. The van der Waals surface area contributed by atoms with E-state index >= 15 is 0 Å². The molecule has 10 heavy (non-hydrogen) atoms. The van der Waals surface area contributed by atoms with E-state index in [2.05, 4.69) is 10.7 Å². The molecule has 1 fully saturated rings. The van der Waals surface area contributed by atoms with Crippen molar-refractivity contribution in [2.45, 2.75) is 25.6 Å². The zero-order chi connectivity index (χ0) is 7.78. The SMILES string of the molecule is C#CC1(C)OC(=O)OC1C. The number of terminal acetylenes is 1. The number of carbonyl (C=O) groups excluding carboxylic acids is 1. The van der Waals surface area contributed by atoms with Crippen LogP contribution in [0.4, 0.5) is 4.79 Å². The molecule has 0 spiro atoms. The van der Waals surface area contributed by atoms with Gasteiger partial charge in [0.05, 0.1) is 0 Å². The number of hydrogen-bond acceptors (Lipinski definition) is 3. The Morgan fingerprint density at radius 2 is 2.40 bits per heavy atom. The molecule has 0 amide bonds. The fraction of sp³-hybridized carbons (Fsp3) is 0.571. The molecule has 2 atom stereocenters. The average Bonchev–Trinajstić information content (AvgIpc) is 2.09. The van der Waals surface area contributed by atoms with Crippen molar-refractivity contribution in [2.75, 3.05) is 0 Å². The van der Waals surface area contributed by atoms with Crippen LogP contribution in [0.15, 0.2) is 0 Å². The summed E-state index contributed by atoms with van der Waals surface area (Å²) >= 11 is 0. The van der Waals surface area contributed by atoms with Gasteiger partial charge in [-0.1, -0.05) is 5.92 Å². The van der Waals surface area contributed by atoms with Crippen molar-refractivity contribution < 1.29 is 14.3 Å². The highest BCUT2D eigenvalue weighted by molar-refractivity contribution is 5.64. The monoisotopic (exact) mass is 140 g/mol. The van der Waals surface area contributed by atoms with Gasteiger partial charge in [0.2, 0.25) is 5.60 Å². The quantitative estimate of drug-likeness (QED) is 0.371. The van der Waals surface area contributed by atoms with E-state index < -0.39 is 11.8 Å². The minimum atomic E-state index is -0.878. The minimum Gasteiger partial charge on any atom is -0.426 e. The molecule has 0 bridgehead atoms. The fourth-order valence-electron chi connectivity index (χ4n) is 0.684. The Labute approximate surface area is 59.3 Å². The Morgan fingerprint density at radius 3 is 2.60 bits per heavy atom. The molecular weight excluding hydrogens is 132 g/mol. The molecule has 1 saturated heterocycles. The standard InChI is InChI=1S/C7H8O3/c1-4-7(3)5(2)9-6(8)10-7/h1,5H,2-3H3. The maximum absolute atomic E-state index is 10.5. The van der Waals surface area contributed by atoms with Gasteiger partial charge in [-0.05, 0) is 13.8 Å². The van der Waals surface area contributed by atoms with Crippen LogP contribution in [0.25, 0.3) is 0 Å². The second-order valence-corrected chi connectivity index (χ2v) is 2.36. The van der Waals surface area contributed by atoms with E-state index in [1.165, 1.54) is 0 Å². The molecule has 1 heterocycles. The summed E-state index contributed by atoms with van der Waals surface area (Å²) in [5, 5.41) is 0. The van der Waals surface area contributed by atoms with Crippen LogP contribution in [0.5, 0.6) is 0 Å². The predicted octanol–water partition coefficient (Wildman–Crippen LogP) is 0.934. The third-order valence-corrected chi connectivity index (χ3v) is 1.63. The van der Waals surface area contributed by atoms with E-state index in [-0.39, 0.29) is 6.10 Å². The van der Waals surface area contributed by atoms with E-state index in [0.29, 0.717) is 0 Å². The third kappa shape index (κ3) is 0.820.